The monoisotopic (exact) mass is 238 g/mol. The zero-order valence-electron chi connectivity index (χ0n) is 10.5. The highest BCUT2D eigenvalue weighted by molar-refractivity contribution is 7.07. The van der Waals surface area contributed by atoms with Crippen molar-refractivity contribution >= 4 is 11.3 Å². The Morgan fingerprint density at radius 3 is 2.50 bits per heavy atom. The first-order chi connectivity index (χ1) is 7.59. The van der Waals surface area contributed by atoms with Crippen LogP contribution in [0.3, 0.4) is 0 Å². The predicted molar refractivity (Wildman–Crippen MR) is 70.1 cm³/mol. The highest BCUT2D eigenvalue weighted by Gasteiger charge is 2.34. The smallest absolute Gasteiger partial charge is 0.0468 e. The van der Waals surface area contributed by atoms with Crippen molar-refractivity contribution in [3.8, 4) is 0 Å². The number of hydrogen-bond acceptors (Lipinski definition) is 2. The van der Waals surface area contributed by atoms with Crippen LogP contribution in [-0.2, 0) is 4.74 Å². The predicted octanol–water partition coefficient (Wildman–Crippen LogP) is 4.30. The van der Waals surface area contributed by atoms with E-state index in [-0.39, 0.29) is 0 Å². The Kier molecular flexibility index (Phi) is 3.70. The van der Waals surface area contributed by atoms with Gasteiger partial charge in [-0.25, -0.2) is 0 Å². The molecule has 2 heteroatoms. The fourth-order valence-electron chi connectivity index (χ4n) is 2.98. The second-order valence-corrected chi connectivity index (χ2v) is 6.63. The average Bonchev–Trinajstić information content (AvgIpc) is 2.71. The van der Waals surface area contributed by atoms with Crippen molar-refractivity contribution in [2.45, 2.75) is 39.5 Å². The van der Waals surface area contributed by atoms with E-state index in [0.29, 0.717) is 11.3 Å². The third-order valence-corrected chi connectivity index (χ3v) is 4.27. The first kappa shape index (κ1) is 12.1. The molecule has 0 bridgehead atoms. The van der Waals surface area contributed by atoms with Crippen LogP contribution in [0.4, 0.5) is 0 Å². The number of rotatable bonds is 2. The van der Waals surface area contributed by atoms with Gasteiger partial charge >= 0.3 is 0 Å². The minimum Gasteiger partial charge on any atom is -0.381 e. The molecule has 1 aromatic heterocycles. The molecule has 0 spiro atoms. The fourth-order valence-corrected chi connectivity index (χ4v) is 3.68. The molecule has 1 saturated heterocycles. The summed E-state index contributed by atoms with van der Waals surface area (Å²) in [6.45, 7) is 8.99. The molecule has 2 rings (SSSR count). The van der Waals surface area contributed by atoms with Crippen LogP contribution in [-0.4, -0.2) is 13.2 Å². The van der Waals surface area contributed by atoms with Gasteiger partial charge in [0.1, 0.15) is 0 Å². The van der Waals surface area contributed by atoms with Crippen LogP contribution >= 0.6 is 11.3 Å². The lowest BCUT2D eigenvalue weighted by atomic mass is 9.68. The summed E-state index contributed by atoms with van der Waals surface area (Å²) in [6.07, 6.45) is 2.44. The largest absolute Gasteiger partial charge is 0.381 e. The molecule has 0 N–H and O–H groups in total. The van der Waals surface area contributed by atoms with E-state index in [1.54, 1.807) is 0 Å². The van der Waals surface area contributed by atoms with Gasteiger partial charge in [0.2, 0.25) is 0 Å². The maximum Gasteiger partial charge on any atom is 0.0468 e. The van der Waals surface area contributed by atoms with Crippen molar-refractivity contribution in [1.82, 2.24) is 0 Å². The van der Waals surface area contributed by atoms with Crippen molar-refractivity contribution in [2.75, 3.05) is 13.2 Å². The molecule has 0 aliphatic carbocycles. The van der Waals surface area contributed by atoms with Crippen molar-refractivity contribution in [2.24, 2.45) is 11.3 Å². The molecule has 1 fully saturated rings. The number of ether oxygens (including phenoxy) is 1. The van der Waals surface area contributed by atoms with E-state index >= 15 is 0 Å². The second kappa shape index (κ2) is 4.89. The minimum absolute atomic E-state index is 0.350. The van der Waals surface area contributed by atoms with Crippen LogP contribution in [0.25, 0.3) is 0 Å². The van der Waals surface area contributed by atoms with Gasteiger partial charge in [0.25, 0.3) is 0 Å². The standard InChI is InChI=1S/C14H22OS/c1-14(2,3)13(12-6-9-16-10-12)11-4-7-15-8-5-11/h6,9-11,13H,4-5,7-8H2,1-3H3. The first-order valence-electron chi connectivity index (χ1n) is 6.19. The molecule has 2 heterocycles. The van der Waals surface area contributed by atoms with E-state index in [0.717, 1.165) is 19.1 Å². The molecule has 1 nitrogen and oxygen atoms in total. The summed E-state index contributed by atoms with van der Waals surface area (Å²) in [6, 6.07) is 2.30. The fraction of sp³-hybridized carbons (Fsp3) is 0.714. The molecular weight excluding hydrogens is 216 g/mol. The number of thiophene rings is 1. The lowest BCUT2D eigenvalue weighted by molar-refractivity contribution is 0.0420. The van der Waals surface area contributed by atoms with Gasteiger partial charge in [0.05, 0.1) is 0 Å². The molecule has 1 aromatic rings. The molecule has 1 unspecified atom stereocenters. The molecule has 1 aliphatic heterocycles. The molecular formula is C14H22OS. The normalized spacial score (nSPS) is 20.9. The van der Waals surface area contributed by atoms with E-state index in [2.05, 4.69) is 37.6 Å². The van der Waals surface area contributed by atoms with Crippen molar-refractivity contribution in [3.63, 3.8) is 0 Å². The van der Waals surface area contributed by atoms with Crippen LogP contribution in [0.15, 0.2) is 16.8 Å². The molecule has 1 atom stereocenters. The average molecular weight is 238 g/mol. The molecule has 0 radical (unpaired) electrons. The van der Waals surface area contributed by atoms with Crippen LogP contribution in [0.1, 0.15) is 45.1 Å². The summed E-state index contributed by atoms with van der Waals surface area (Å²) in [4.78, 5) is 0. The van der Waals surface area contributed by atoms with Gasteiger partial charge in [-0.1, -0.05) is 20.8 Å². The number of hydrogen-bond donors (Lipinski definition) is 0. The topological polar surface area (TPSA) is 9.23 Å². The van der Waals surface area contributed by atoms with Gasteiger partial charge in [0, 0.05) is 13.2 Å². The van der Waals surface area contributed by atoms with Crippen LogP contribution in [0.5, 0.6) is 0 Å². The van der Waals surface area contributed by atoms with Crippen molar-refractivity contribution in [1.29, 1.82) is 0 Å². The Morgan fingerprint density at radius 1 is 1.31 bits per heavy atom. The summed E-state index contributed by atoms with van der Waals surface area (Å²) in [5.41, 5.74) is 1.88. The highest BCUT2D eigenvalue weighted by atomic mass is 32.1. The van der Waals surface area contributed by atoms with E-state index < -0.39 is 0 Å². The molecule has 1 aliphatic rings. The molecule has 0 saturated carbocycles. The maximum absolute atomic E-state index is 5.48. The van der Waals surface area contributed by atoms with Gasteiger partial charge in [-0.05, 0) is 52.5 Å². The van der Waals surface area contributed by atoms with Gasteiger partial charge < -0.3 is 4.74 Å². The van der Waals surface area contributed by atoms with Crippen LogP contribution in [0, 0.1) is 11.3 Å². The Hall–Kier alpha value is -0.340. The highest BCUT2D eigenvalue weighted by Crippen LogP contribution is 2.44. The Bertz CT molecular complexity index is 304. The quantitative estimate of drug-likeness (QED) is 0.746. The zero-order chi connectivity index (χ0) is 11.6. The van der Waals surface area contributed by atoms with E-state index in [1.165, 1.54) is 18.4 Å². The van der Waals surface area contributed by atoms with Crippen LogP contribution < -0.4 is 0 Å². The van der Waals surface area contributed by atoms with E-state index in [4.69, 9.17) is 4.74 Å². The van der Waals surface area contributed by atoms with Gasteiger partial charge in [-0.15, -0.1) is 0 Å². The summed E-state index contributed by atoms with van der Waals surface area (Å²) in [5, 5.41) is 4.53. The van der Waals surface area contributed by atoms with E-state index in [1.807, 2.05) is 11.3 Å². The molecule has 90 valence electrons. The SMILES string of the molecule is CC(C)(C)C(c1ccsc1)C1CCOCC1. The zero-order valence-corrected chi connectivity index (χ0v) is 11.3. The Morgan fingerprint density at radius 2 is 2.00 bits per heavy atom. The van der Waals surface area contributed by atoms with Crippen molar-refractivity contribution in [3.05, 3.63) is 22.4 Å². The van der Waals surface area contributed by atoms with E-state index in [9.17, 15) is 0 Å². The third-order valence-electron chi connectivity index (χ3n) is 3.57. The van der Waals surface area contributed by atoms with Gasteiger partial charge in [0.15, 0.2) is 0 Å². The second-order valence-electron chi connectivity index (χ2n) is 5.85. The third kappa shape index (κ3) is 2.67. The lowest BCUT2D eigenvalue weighted by Crippen LogP contribution is -2.30. The Labute approximate surface area is 103 Å². The molecule has 16 heavy (non-hydrogen) atoms. The van der Waals surface area contributed by atoms with Crippen molar-refractivity contribution < 1.29 is 4.74 Å². The summed E-state index contributed by atoms with van der Waals surface area (Å²) in [7, 11) is 0. The lowest BCUT2D eigenvalue weighted by Gasteiger charge is -2.39. The minimum atomic E-state index is 0.350. The van der Waals surface area contributed by atoms with Gasteiger partial charge in [-0.3, -0.25) is 0 Å². The first-order valence-corrected chi connectivity index (χ1v) is 7.13. The van der Waals surface area contributed by atoms with Gasteiger partial charge in [-0.2, -0.15) is 11.3 Å². The summed E-state index contributed by atoms with van der Waals surface area (Å²) in [5.74, 6) is 1.48. The molecule has 0 amide bonds. The maximum atomic E-state index is 5.48. The molecule has 0 aromatic carbocycles. The Balaban J connectivity index is 2.21. The summed E-state index contributed by atoms with van der Waals surface area (Å²) >= 11 is 1.82. The summed E-state index contributed by atoms with van der Waals surface area (Å²) < 4.78 is 5.48. The van der Waals surface area contributed by atoms with Crippen LogP contribution in [0.2, 0.25) is 0 Å².